The van der Waals surface area contributed by atoms with E-state index in [0.29, 0.717) is 0 Å². The topological polar surface area (TPSA) is 86.5 Å². The largest absolute Gasteiger partial charge is 0.308 e. The van der Waals surface area contributed by atoms with Crippen molar-refractivity contribution >= 4 is 21.6 Å². The molecule has 1 fully saturated rings. The number of hydrogen-bond acceptors (Lipinski definition) is 5. The van der Waals surface area contributed by atoms with Crippen LogP contribution < -0.4 is 10.9 Å². The molecule has 6 nitrogen and oxygen atoms in total. The summed E-state index contributed by atoms with van der Waals surface area (Å²) in [7, 11) is 0. The molecule has 3 aromatic heterocycles. The summed E-state index contributed by atoms with van der Waals surface area (Å²) < 4.78 is 0.741. The first-order valence-electron chi connectivity index (χ1n) is 8.13. The van der Waals surface area contributed by atoms with E-state index < -0.39 is 0 Å². The van der Waals surface area contributed by atoms with Crippen LogP contribution in [0.15, 0.2) is 11.0 Å². The fraction of sp³-hybridized carbons (Fsp3) is 0.438. The molecule has 0 bridgehead atoms. The van der Waals surface area contributed by atoms with E-state index in [0.717, 1.165) is 70.8 Å². The molecule has 1 saturated heterocycles. The Morgan fingerprint density at radius 2 is 2.22 bits per heavy atom. The Bertz CT molecular complexity index is 947. The van der Waals surface area contributed by atoms with Gasteiger partial charge in [-0.05, 0) is 44.2 Å². The average Bonchev–Trinajstić information content (AvgIpc) is 3.26. The smallest absolute Gasteiger partial charge is 0.268 e. The highest BCUT2D eigenvalue weighted by molar-refractivity contribution is 7.22. The number of aryl methyl sites for hydroxylation is 2. The molecule has 1 unspecified atom stereocenters. The van der Waals surface area contributed by atoms with Gasteiger partial charge in [-0.3, -0.25) is 9.89 Å². The van der Waals surface area contributed by atoms with E-state index in [4.69, 9.17) is 4.98 Å². The van der Waals surface area contributed by atoms with Crippen LogP contribution >= 0.6 is 11.3 Å². The van der Waals surface area contributed by atoms with Gasteiger partial charge in [0.1, 0.15) is 10.5 Å². The second-order valence-corrected chi connectivity index (χ2v) is 7.31. The standard InChI is InChI=1S/C16H17N5OS/c22-16-14-12(19-15(20-16)11-5-2-6-17-11)8-3-1-4-10-9(7-18-21-10)13(8)23-14/h7,11,17H,1-6H2,(H,18,21)(H,19,20,22). The number of hydrogen-bond donors (Lipinski definition) is 3. The molecule has 1 atom stereocenters. The van der Waals surface area contributed by atoms with Crippen LogP contribution in [0.4, 0.5) is 0 Å². The minimum Gasteiger partial charge on any atom is -0.308 e. The first kappa shape index (κ1) is 13.4. The van der Waals surface area contributed by atoms with Crippen LogP contribution in [0.3, 0.4) is 0 Å². The van der Waals surface area contributed by atoms with Crippen LogP contribution in [0.5, 0.6) is 0 Å². The number of H-pyrrole nitrogens is 2. The molecule has 2 aliphatic rings. The quantitative estimate of drug-likeness (QED) is 0.640. The zero-order valence-corrected chi connectivity index (χ0v) is 13.4. The zero-order chi connectivity index (χ0) is 15.4. The lowest BCUT2D eigenvalue weighted by atomic mass is 10.1. The first-order valence-corrected chi connectivity index (χ1v) is 8.95. The Morgan fingerprint density at radius 1 is 1.26 bits per heavy atom. The highest BCUT2D eigenvalue weighted by Gasteiger charge is 2.25. The summed E-state index contributed by atoms with van der Waals surface area (Å²) in [4.78, 5) is 21.6. The number of fused-ring (bicyclic) bond motifs is 5. The van der Waals surface area contributed by atoms with Crippen LogP contribution in [-0.2, 0) is 12.8 Å². The molecule has 118 valence electrons. The molecule has 1 aliphatic heterocycles. The van der Waals surface area contributed by atoms with E-state index in [-0.39, 0.29) is 11.6 Å². The Balaban J connectivity index is 1.76. The van der Waals surface area contributed by atoms with Crippen LogP contribution in [0.2, 0.25) is 0 Å². The molecule has 3 N–H and O–H groups in total. The highest BCUT2D eigenvalue weighted by atomic mass is 32.1. The van der Waals surface area contributed by atoms with E-state index >= 15 is 0 Å². The molecule has 1 aliphatic carbocycles. The minimum absolute atomic E-state index is 0.0122. The van der Waals surface area contributed by atoms with E-state index in [1.165, 1.54) is 5.56 Å². The lowest BCUT2D eigenvalue weighted by Gasteiger charge is -2.09. The van der Waals surface area contributed by atoms with Crippen molar-refractivity contribution in [2.24, 2.45) is 0 Å². The van der Waals surface area contributed by atoms with Gasteiger partial charge in [0.05, 0.1) is 17.3 Å². The zero-order valence-electron chi connectivity index (χ0n) is 12.6. The van der Waals surface area contributed by atoms with Crippen molar-refractivity contribution < 1.29 is 0 Å². The molecule has 0 saturated carbocycles. The van der Waals surface area contributed by atoms with Gasteiger partial charge in [-0.2, -0.15) is 5.10 Å². The molecular weight excluding hydrogens is 310 g/mol. The summed E-state index contributed by atoms with van der Waals surface area (Å²) >= 11 is 1.55. The Hall–Kier alpha value is -1.99. The third-order valence-corrected chi connectivity index (χ3v) is 6.11. The Morgan fingerprint density at radius 3 is 3.09 bits per heavy atom. The number of rotatable bonds is 1. The van der Waals surface area contributed by atoms with Gasteiger partial charge in [-0.1, -0.05) is 0 Å². The molecule has 4 heterocycles. The second-order valence-electron chi connectivity index (χ2n) is 6.29. The summed E-state index contributed by atoms with van der Waals surface area (Å²) in [6, 6.07) is 0.179. The summed E-state index contributed by atoms with van der Waals surface area (Å²) in [5.41, 5.74) is 4.34. The number of aromatic amines is 2. The maximum absolute atomic E-state index is 12.6. The van der Waals surface area contributed by atoms with E-state index in [2.05, 4.69) is 20.5 Å². The van der Waals surface area contributed by atoms with Crippen molar-refractivity contribution in [3.63, 3.8) is 0 Å². The van der Waals surface area contributed by atoms with Gasteiger partial charge < -0.3 is 10.3 Å². The maximum atomic E-state index is 12.6. The number of nitrogens with zero attached hydrogens (tertiary/aromatic N) is 2. The number of nitrogens with one attached hydrogen (secondary N) is 3. The molecule has 5 rings (SSSR count). The lowest BCUT2D eigenvalue weighted by molar-refractivity contribution is 0.606. The van der Waals surface area contributed by atoms with Gasteiger partial charge >= 0.3 is 0 Å². The third kappa shape index (κ3) is 2.00. The lowest BCUT2D eigenvalue weighted by Crippen LogP contribution is -2.20. The van der Waals surface area contributed by atoms with E-state index in [1.807, 2.05) is 6.20 Å². The van der Waals surface area contributed by atoms with Crippen molar-refractivity contribution in [1.29, 1.82) is 0 Å². The third-order valence-electron chi connectivity index (χ3n) is 4.85. The van der Waals surface area contributed by atoms with Gasteiger partial charge in [0, 0.05) is 16.6 Å². The first-order chi connectivity index (χ1) is 11.3. The average molecular weight is 327 g/mol. The highest BCUT2D eigenvalue weighted by Crippen LogP contribution is 2.40. The summed E-state index contributed by atoms with van der Waals surface area (Å²) in [5, 5.41) is 10.7. The van der Waals surface area contributed by atoms with Crippen molar-refractivity contribution in [3.8, 4) is 10.4 Å². The summed E-state index contributed by atoms with van der Waals surface area (Å²) in [6.07, 6.45) is 7.09. The Kier molecular flexibility index (Phi) is 2.93. The molecule has 3 aromatic rings. The summed E-state index contributed by atoms with van der Waals surface area (Å²) in [6.45, 7) is 0.993. The van der Waals surface area contributed by atoms with Gasteiger partial charge in [0.15, 0.2) is 0 Å². The predicted molar refractivity (Wildman–Crippen MR) is 89.8 cm³/mol. The van der Waals surface area contributed by atoms with Crippen molar-refractivity contribution in [2.75, 3.05) is 6.54 Å². The molecule has 23 heavy (non-hydrogen) atoms. The van der Waals surface area contributed by atoms with Crippen LogP contribution in [-0.4, -0.2) is 26.7 Å². The number of aromatic nitrogens is 4. The van der Waals surface area contributed by atoms with Crippen molar-refractivity contribution in [2.45, 2.75) is 38.1 Å². The minimum atomic E-state index is -0.0122. The molecule has 0 aromatic carbocycles. The fourth-order valence-corrected chi connectivity index (χ4v) is 4.94. The van der Waals surface area contributed by atoms with Crippen molar-refractivity contribution in [3.05, 3.63) is 33.6 Å². The van der Waals surface area contributed by atoms with Gasteiger partial charge in [-0.25, -0.2) is 4.98 Å². The second kappa shape index (κ2) is 5.01. The SMILES string of the molecule is O=c1[nH]c(C2CCCN2)nc2c3c(sc12)-c1c[nH]nc1CCC3. The van der Waals surface area contributed by atoms with Gasteiger partial charge in [0.2, 0.25) is 0 Å². The monoisotopic (exact) mass is 327 g/mol. The number of thiophene rings is 1. The molecule has 0 spiro atoms. The molecule has 0 radical (unpaired) electrons. The fourth-order valence-electron chi connectivity index (χ4n) is 3.72. The molecule has 0 amide bonds. The van der Waals surface area contributed by atoms with Crippen molar-refractivity contribution in [1.82, 2.24) is 25.5 Å². The van der Waals surface area contributed by atoms with Crippen LogP contribution in [0.25, 0.3) is 20.7 Å². The van der Waals surface area contributed by atoms with Gasteiger partial charge in [-0.15, -0.1) is 11.3 Å². The van der Waals surface area contributed by atoms with E-state index in [9.17, 15) is 4.79 Å². The van der Waals surface area contributed by atoms with Crippen LogP contribution in [0.1, 0.15) is 42.4 Å². The molecular formula is C16H17N5OS. The van der Waals surface area contributed by atoms with Gasteiger partial charge in [0.25, 0.3) is 5.56 Å². The maximum Gasteiger partial charge on any atom is 0.268 e. The van der Waals surface area contributed by atoms with Crippen LogP contribution in [0, 0.1) is 0 Å². The summed E-state index contributed by atoms with van der Waals surface area (Å²) in [5.74, 6) is 0.789. The Labute approximate surface area is 136 Å². The normalized spacial score (nSPS) is 20.4. The van der Waals surface area contributed by atoms with E-state index in [1.54, 1.807) is 11.3 Å². The predicted octanol–water partition coefficient (Wildman–Crippen LogP) is 2.29. The molecule has 7 heteroatoms.